The summed E-state index contributed by atoms with van der Waals surface area (Å²) < 4.78 is 0. The van der Waals surface area contributed by atoms with E-state index in [1.165, 1.54) is 6.92 Å². The number of nitrogens with one attached hydrogen (secondary N) is 15. The number of hydrogen-bond acceptors (Lipinski definition) is 16. The summed E-state index contributed by atoms with van der Waals surface area (Å²) in [5.74, 6) is -6.96. The monoisotopic (exact) mass is 1340 g/mol. The van der Waals surface area contributed by atoms with E-state index in [0.29, 0.717) is 90.8 Å². The molecular weight excluding hydrogens is 1220 g/mol. The molecular formula is C67H116N16O12. The molecule has 2 aliphatic carbocycles. The van der Waals surface area contributed by atoms with Crippen LogP contribution in [0.15, 0.2) is 0 Å². The Hall–Kier alpha value is -6.52. The number of amides is 12. The normalized spacial score (nSPS) is 27.3. The van der Waals surface area contributed by atoms with Gasteiger partial charge in [-0.1, -0.05) is 82.1 Å². The molecule has 4 heterocycles. The lowest BCUT2D eigenvalue weighted by Crippen LogP contribution is -2.52. The van der Waals surface area contributed by atoms with Gasteiger partial charge in [-0.2, -0.15) is 0 Å². The highest BCUT2D eigenvalue weighted by Gasteiger charge is 2.43. The lowest BCUT2D eigenvalue weighted by molar-refractivity contribution is -0.131. The average molecular weight is 1340 g/mol. The van der Waals surface area contributed by atoms with Crippen molar-refractivity contribution >= 4 is 70.9 Å². The number of carbonyl (C=O) groups excluding carboxylic acids is 12. The van der Waals surface area contributed by atoms with Gasteiger partial charge in [-0.15, -0.1) is 0 Å². The molecule has 6 fully saturated rings. The van der Waals surface area contributed by atoms with E-state index in [-0.39, 0.29) is 145 Å². The van der Waals surface area contributed by atoms with Gasteiger partial charge in [0.2, 0.25) is 70.9 Å². The summed E-state index contributed by atoms with van der Waals surface area (Å²) >= 11 is 0. The van der Waals surface area contributed by atoms with Crippen molar-refractivity contribution in [2.75, 3.05) is 52.4 Å². The fourth-order valence-electron chi connectivity index (χ4n) is 14.7. The summed E-state index contributed by atoms with van der Waals surface area (Å²) in [6, 6.07) is -5.48. The topological polar surface area (TPSA) is 411 Å². The Kier molecular flexibility index (Phi) is 30.4. The first-order chi connectivity index (χ1) is 44.9. The van der Waals surface area contributed by atoms with E-state index in [1.54, 1.807) is 0 Å². The van der Waals surface area contributed by atoms with Crippen LogP contribution >= 0.6 is 0 Å². The van der Waals surface area contributed by atoms with E-state index in [2.05, 4.69) is 79.8 Å². The van der Waals surface area contributed by atoms with Crippen molar-refractivity contribution in [3.8, 4) is 0 Å². The van der Waals surface area contributed by atoms with E-state index in [1.807, 2.05) is 69.2 Å². The third kappa shape index (κ3) is 24.5. The van der Waals surface area contributed by atoms with Crippen LogP contribution < -0.4 is 85.5 Å². The van der Waals surface area contributed by atoms with Crippen molar-refractivity contribution < 1.29 is 57.5 Å². The molecule has 0 aromatic heterocycles. The molecule has 6 rings (SSSR count). The molecule has 17 N–H and O–H groups in total. The zero-order valence-electron chi connectivity index (χ0n) is 58.2. The molecule has 0 aromatic rings. The Bertz CT molecular complexity index is 2660. The third-order valence-electron chi connectivity index (χ3n) is 19.7. The maximum atomic E-state index is 14.2. The van der Waals surface area contributed by atoms with Crippen LogP contribution in [0.25, 0.3) is 0 Å². The predicted octanol–water partition coefficient (Wildman–Crippen LogP) is -1.30. The van der Waals surface area contributed by atoms with E-state index < -0.39 is 95.9 Å². The zero-order chi connectivity index (χ0) is 69.8. The van der Waals surface area contributed by atoms with Crippen molar-refractivity contribution in [1.29, 1.82) is 0 Å². The molecule has 95 heavy (non-hydrogen) atoms. The lowest BCUT2D eigenvalue weighted by atomic mass is 9.95. The Labute approximate surface area is 561 Å². The molecule has 536 valence electrons. The second-order valence-corrected chi connectivity index (χ2v) is 30.0. The van der Waals surface area contributed by atoms with Gasteiger partial charge < -0.3 is 85.5 Å². The SMILES string of the molecule is CC(=O)N[C@H]1CCC[C@@H]1C(=O)N[C@H](CC(=O)N[C@H]1CNC[C@@H]1C(=O)N[C@H](CC(=O)N[C@H](CC(=O)N[C@H]1CNC[C@@H]1C(=O)N[C@H](CC(=O)N[C@H]1CNC[C@@H]1C(=O)N[C@H](CC(=O)N[C@H]1CCC[C@@H]1C(=O)N[C@H]1CNC[C@@H]1C(N)=O)CC(C)C)CC(C)C)CC(C)C)C(C)C)C(C)C. The minimum atomic E-state index is -0.672. The Morgan fingerprint density at radius 3 is 1.03 bits per heavy atom. The van der Waals surface area contributed by atoms with Crippen LogP contribution in [0, 0.1) is 65.1 Å². The van der Waals surface area contributed by atoms with Crippen LogP contribution in [-0.2, 0) is 57.5 Å². The van der Waals surface area contributed by atoms with Crippen molar-refractivity contribution in [2.45, 2.75) is 233 Å². The quantitative estimate of drug-likeness (QED) is 0.0351. The van der Waals surface area contributed by atoms with Crippen molar-refractivity contribution in [1.82, 2.24) is 79.8 Å². The molecule has 12 amide bonds. The molecule has 0 aromatic carbocycles. The van der Waals surface area contributed by atoms with Crippen LogP contribution in [0.2, 0.25) is 0 Å². The number of nitrogens with two attached hydrogens (primary N) is 1. The van der Waals surface area contributed by atoms with Crippen molar-refractivity contribution in [3.63, 3.8) is 0 Å². The zero-order valence-corrected chi connectivity index (χ0v) is 58.2. The van der Waals surface area contributed by atoms with Crippen LogP contribution in [-0.4, -0.2) is 190 Å². The molecule has 28 nitrogen and oxygen atoms in total. The van der Waals surface area contributed by atoms with Crippen LogP contribution in [0.5, 0.6) is 0 Å². The Balaban J connectivity index is 0.960. The van der Waals surface area contributed by atoms with Crippen molar-refractivity contribution in [2.24, 2.45) is 70.8 Å². The maximum absolute atomic E-state index is 14.2. The molecule has 6 aliphatic rings. The van der Waals surface area contributed by atoms with Gasteiger partial charge in [-0.05, 0) is 74.5 Å². The number of rotatable bonds is 35. The third-order valence-corrected chi connectivity index (χ3v) is 19.7. The van der Waals surface area contributed by atoms with E-state index in [9.17, 15) is 57.5 Å². The lowest BCUT2D eigenvalue weighted by Gasteiger charge is -2.28. The van der Waals surface area contributed by atoms with Gasteiger partial charge in [0.15, 0.2) is 0 Å². The van der Waals surface area contributed by atoms with E-state index in [0.717, 1.165) is 12.8 Å². The van der Waals surface area contributed by atoms with Gasteiger partial charge in [-0.25, -0.2) is 0 Å². The summed E-state index contributed by atoms with van der Waals surface area (Å²) in [7, 11) is 0. The molecule has 2 saturated carbocycles. The maximum Gasteiger partial charge on any atom is 0.226 e. The number of primary amides is 1. The summed E-state index contributed by atoms with van der Waals surface area (Å²) in [6.07, 6.45) is 5.38. The van der Waals surface area contributed by atoms with Crippen LogP contribution in [0.4, 0.5) is 0 Å². The minimum absolute atomic E-state index is 0.00283. The minimum Gasteiger partial charge on any atom is -0.369 e. The second kappa shape index (κ2) is 37.3. The summed E-state index contributed by atoms with van der Waals surface area (Å²) in [4.78, 5) is 161. The average Bonchev–Trinajstić information content (AvgIpc) is 1.78. The first-order valence-corrected chi connectivity index (χ1v) is 35.3. The van der Waals surface area contributed by atoms with Crippen LogP contribution in [0.1, 0.15) is 166 Å². The highest BCUT2D eigenvalue weighted by molar-refractivity contribution is 5.88. The summed E-state index contributed by atoms with van der Waals surface area (Å²) in [5.41, 5.74) is 5.56. The van der Waals surface area contributed by atoms with E-state index in [4.69, 9.17) is 5.73 Å². The van der Waals surface area contributed by atoms with Gasteiger partial charge >= 0.3 is 0 Å². The molecule has 0 radical (unpaired) electrons. The van der Waals surface area contributed by atoms with Gasteiger partial charge in [0, 0.05) is 134 Å². The van der Waals surface area contributed by atoms with Gasteiger partial charge in [0.05, 0.1) is 59.7 Å². The first-order valence-electron chi connectivity index (χ1n) is 35.3. The predicted molar refractivity (Wildman–Crippen MR) is 357 cm³/mol. The molecule has 0 spiro atoms. The smallest absolute Gasteiger partial charge is 0.226 e. The number of hydrogen-bond donors (Lipinski definition) is 16. The number of carbonyl (C=O) groups is 12. The second-order valence-electron chi connectivity index (χ2n) is 30.0. The highest BCUT2D eigenvalue weighted by Crippen LogP contribution is 2.29. The van der Waals surface area contributed by atoms with Gasteiger partial charge in [0.25, 0.3) is 0 Å². The fraction of sp³-hybridized carbons (Fsp3) is 0.821. The molecule has 28 heteroatoms. The van der Waals surface area contributed by atoms with Gasteiger partial charge in [0.1, 0.15) is 0 Å². The standard InChI is InChI=1S/C67H116N16O12/c1-34(2)18-40(74-60(88)24-51(37(7)8)82-67(95)48-29-72-33-56(48)80-61(89)25-52(38(9)10)81-63(91)43-14-12-16-49(43)73-39(11)84)21-58(86)78-54-31-70-27-46(54)66(94)76-42(20-36(5)6)23-59(87)79-55-32-71-28-47(55)65(93)75-41(19-35(3)4)22-57(85)77-50-17-13-15-44(50)64(92)83-53-30-69-26-45(53)62(68)90/h34-38,40-56,69-72H,12-33H2,1-11H3,(H2,68,90)(H,73,84)(H,74,88)(H,75,93)(H,76,94)(H,77,85)(H,78,86)(H,79,87)(H,80,89)(H,81,91)(H,82,95)(H,83,92)/t40-,41-,42-,43-,44-,45-,46-,47-,48-,49-,50-,51+,52+,53-,54-,55-,56-/m0/s1. The Morgan fingerprint density at radius 2 is 0.653 bits per heavy atom. The summed E-state index contributed by atoms with van der Waals surface area (Å²) in [5, 5.41) is 46.1. The highest BCUT2D eigenvalue weighted by atomic mass is 16.2. The molecule has 4 aliphatic heterocycles. The fourth-order valence-corrected chi connectivity index (χ4v) is 14.7. The largest absolute Gasteiger partial charge is 0.369 e. The Morgan fingerprint density at radius 1 is 0.337 bits per heavy atom. The van der Waals surface area contributed by atoms with Crippen molar-refractivity contribution in [3.05, 3.63) is 0 Å². The summed E-state index contributed by atoms with van der Waals surface area (Å²) in [6.45, 7) is 23.7. The van der Waals surface area contributed by atoms with E-state index >= 15 is 0 Å². The molecule has 0 bridgehead atoms. The van der Waals surface area contributed by atoms with Crippen LogP contribution in [0.3, 0.4) is 0 Å². The molecule has 17 atom stereocenters. The molecule has 4 saturated heterocycles. The molecule has 0 unspecified atom stereocenters. The van der Waals surface area contributed by atoms with Gasteiger partial charge in [-0.3, -0.25) is 57.5 Å². The first kappa shape index (κ1) is 77.5.